The lowest BCUT2D eigenvalue weighted by Gasteiger charge is -1.90. The number of hydrogen-bond donors (Lipinski definition) is 3. The van der Waals surface area contributed by atoms with Crippen molar-refractivity contribution < 1.29 is 0 Å². The molecule has 106 valence electrons. The Bertz CT molecular complexity index is 214. The summed E-state index contributed by atoms with van der Waals surface area (Å²) in [6, 6.07) is 9.99. The molecule has 0 radical (unpaired) electrons. The molecule has 1 rings (SSSR count). The molecule has 18 heavy (non-hydrogen) atoms. The molecule has 0 saturated heterocycles. The first-order valence-electron chi connectivity index (χ1n) is 6.91. The molecule has 0 atom stereocenters. The first kappa shape index (κ1) is 19.4. The van der Waals surface area contributed by atoms with Crippen LogP contribution in [0.15, 0.2) is 30.3 Å². The maximum absolute atomic E-state index is 5.35. The molecule has 0 aromatic heterocycles. The first-order valence-corrected chi connectivity index (χ1v) is 6.91. The van der Waals surface area contributed by atoms with E-state index in [-0.39, 0.29) is 0 Å². The van der Waals surface area contributed by atoms with Crippen LogP contribution in [-0.4, -0.2) is 19.6 Å². The van der Waals surface area contributed by atoms with E-state index in [0.29, 0.717) is 6.54 Å². The van der Waals surface area contributed by atoms with Crippen molar-refractivity contribution in [2.75, 3.05) is 19.6 Å². The van der Waals surface area contributed by atoms with E-state index in [4.69, 9.17) is 11.5 Å². The highest BCUT2D eigenvalue weighted by molar-refractivity contribution is 5.13. The summed E-state index contributed by atoms with van der Waals surface area (Å²) in [4.78, 5) is 0. The Hall–Kier alpha value is -0.900. The fourth-order valence-electron chi connectivity index (χ4n) is 1.07. The average molecular weight is 253 g/mol. The molecule has 0 aliphatic heterocycles. The summed E-state index contributed by atoms with van der Waals surface area (Å²) in [5, 5.41) is 3.11. The highest BCUT2D eigenvalue weighted by Gasteiger charge is 1.80. The van der Waals surface area contributed by atoms with E-state index in [2.05, 4.69) is 26.1 Å². The van der Waals surface area contributed by atoms with E-state index in [9.17, 15) is 0 Å². The lowest BCUT2D eigenvalue weighted by atomic mass is 10.2. The van der Waals surface area contributed by atoms with Gasteiger partial charge < -0.3 is 16.8 Å². The Morgan fingerprint density at radius 1 is 0.944 bits per heavy atom. The van der Waals surface area contributed by atoms with Crippen molar-refractivity contribution in [1.29, 1.82) is 0 Å². The van der Waals surface area contributed by atoms with Crippen LogP contribution in [0.1, 0.15) is 39.2 Å². The van der Waals surface area contributed by atoms with E-state index in [0.717, 1.165) is 19.6 Å². The van der Waals surface area contributed by atoms with Crippen molar-refractivity contribution in [2.24, 2.45) is 11.5 Å². The maximum atomic E-state index is 5.35. The second-order valence-electron chi connectivity index (χ2n) is 3.79. The number of hydrogen-bond acceptors (Lipinski definition) is 3. The summed E-state index contributed by atoms with van der Waals surface area (Å²) in [5.74, 6) is 0. The van der Waals surface area contributed by atoms with Gasteiger partial charge in [-0.05, 0) is 31.6 Å². The molecule has 1 aromatic carbocycles. The van der Waals surface area contributed by atoms with Crippen LogP contribution in [0.2, 0.25) is 0 Å². The minimum Gasteiger partial charge on any atom is -0.330 e. The largest absolute Gasteiger partial charge is 0.330 e. The zero-order chi connectivity index (χ0) is 14.1. The summed E-state index contributed by atoms with van der Waals surface area (Å²) in [7, 11) is 0. The van der Waals surface area contributed by atoms with Gasteiger partial charge in [0.1, 0.15) is 0 Å². The van der Waals surface area contributed by atoms with Crippen LogP contribution in [-0.2, 0) is 6.54 Å². The fourth-order valence-corrected chi connectivity index (χ4v) is 1.07. The Morgan fingerprint density at radius 2 is 1.50 bits per heavy atom. The highest BCUT2D eigenvalue weighted by Crippen LogP contribution is 1.94. The van der Waals surface area contributed by atoms with Crippen LogP contribution < -0.4 is 16.8 Å². The Balaban J connectivity index is 0. The van der Waals surface area contributed by atoms with Crippen molar-refractivity contribution in [3.8, 4) is 0 Å². The van der Waals surface area contributed by atoms with Crippen LogP contribution >= 0.6 is 0 Å². The second kappa shape index (κ2) is 18.5. The maximum Gasteiger partial charge on any atom is 0.0178 e. The highest BCUT2D eigenvalue weighted by atomic mass is 14.8. The molecule has 0 unspecified atom stereocenters. The fraction of sp³-hybridized carbons (Fsp3) is 0.600. The Labute approximate surface area is 113 Å². The molecule has 0 aliphatic carbocycles. The number of unbranched alkanes of at least 4 members (excludes halogenated alkanes) is 1. The summed E-state index contributed by atoms with van der Waals surface area (Å²) in [6.45, 7) is 10.0. The van der Waals surface area contributed by atoms with Crippen molar-refractivity contribution in [2.45, 2.75) is 40.2 Å². The van der Waals surface area contributed by atoms with Gasteiger partial charge in [0.05, 0.1) is 0 Å². The number of rotatable bonds is 5. The molecule has 0 fully saturated rings. The summed E-state index contributed by atoms with van der Waals surface area (Å²) in [5.41, 5.74) is 11.7. The third-order valence-electron chi connectivity index (χ3n) is 2.14. The standard InChI is InChI=1S/C7H9N.2C4H11N/c8-6-7-4-2-1-3-5-7;1-3-5-4-2;1-2-3-4-5/h1-5H,6,8H2;5H,3-4H2,1-2H3;2-5H2,1H3. The van der Waals surface area contributed by atoms with Gasteiger partial charge >= 0.3 is 0 Å². The molecule has 5 N–H and O–H groups in total. The quantitative estimate of drug-likeness (QED) is 0.755. The van der Waals surface area contributed by atoms with E-state index in [1.54, 1.807) is 0 Å². The smallest absolute Gasteiger partial charge is 0.0178 e. The number of benzene rings is 1. The molecule has 0 heterocycles. The van der Waals surface area contributed by atoms with E-state index < -0.39 is 0 Å². The van der Waals surface area contributed by atoms with Crippen LogP contribution in [0.5, 0.6) is 0 Å². The monoisotopic (exact) mass is 253 g/mol. The van der Waals surface area contributed by atoms with Crippen molar-refractivity contribution >= 4 is 0 Å². The Morgan fingerprint density at radius 3 is 1.67 bits per heavy atom. The number of nitrogens with two attached hydrogens (primary N) is 2. The third-order valence-corrected chi connectivity index (χ3v) is 2.14. The minimum atomic E-state index is 0.640. The van der Waals surface area contributed by atoms with E-state index in [1.807, 2.05) is 30.3 Å². The summed E-state index contributed by atoms with van der Waals surface area (Å²) >= 11 is 0. The van der Waals surface area contributed by atoms with Gasteiger partial charge in [-0.1, -0.05) is 57.5 Å². The molecular formula is C15H31N3. The predicted molar refractivity (Wildman–Crippen MR) is 82.5 cm³/mol. The van der Waals surface area contributed by atoms with Gasteiger partial charge in [-0.25, -0.2) is 0 Å². The molecule has 3 heteroatoms. The molecule has 0 saturated carbocycles. The zero-order valence-electron chi connectivity index (χ0n) is 12.3. The van der Waals surface area contributed by atoms with Gasteiger partial charge in [0.25, 0.3) is 0 Å². The minimum absolute atomic E-state index is 0.640. The zero-order valence-corrected chi connectivity index (χ0v) is 12.3. The average Bonchev–Trinajstić information content (AvgIpc) is 2.43. The second-order valence-corrected chi connectivity index (χ2v) is 3.79. The van der Waals surface area contributed by atoms with E-state index in [1.165, 1.54) is 18.4 Å². The lowest BCUT2D eigenvalue weighted by Crippen LogP contribution is -2.09. The normalized spacial score (nSPS) is 8.72. The topological polar surface area (TPSA) is 64.1 Å². The van der Waals surface area contributed by atoms with Gasteiger partial charge in [-0.2, -0.15) is 0 Å². The van der Waals surface area contributed by atoms with Gasteiger partial charge in [0, 0.05) is 6.54 Å². The first-order chi connectivity index (χ1) is 8.76. The van der Waals surface area contributed by atoms with Crippen molar-refractivity contribution in [1.82, 2.24) is 5.32 Å². The molecular weight excluding hydrogens is 222 g/mol. The van der Waals surface area contributed by atoms with Crippen LogP contribution in [0, 0.1) is 0 Å². The van der Waals surface area contributed by atoms with Crippen molar-refractivity contribution in [3.63, 3.8) is 0 Å². The molecule has 0 amide bonds. The van der Waals surface area contributed by atoms with Gasteiger partial charge in [0.15, 0.2) is 0 Å². The van der Waals surface area contributed by atoms with Gasteiger partial charge in [-0.15, -0.1) is 0 Å². The SMILES string of the molecule is CCCCN.CCNCC.NCc1ccccc1. The summed E-state index contributed by atoms with van der Waals surface area (Å²) in [6.07, 6.45) is 2.39. The molecule has 0 bridgehead atoms. The Kier molecular flexibility index (Phi) is 19.9. The molecule has 0 aliphatic rings. The molecule has 0 spiro atoms. The molecule has 3 nitrogen and oxygen atoms in total. The predicted octanol–water partition coefficient (Wildman–Crippen LogP) is 2.51. The van der Waals surface area contributed by atoms with Gasteiger partial charge in [0.2, 0.25) is 0 Å². The van der Waals surface area contributed by atoms with Crippen LogP contribution in [0.3, 0.4) is 0 Å². The third kappa shape index (κ3) is 17.5. The van der Waals surface area contributed by atoms with Gasteiger partial charge in [-0.3, -0.25) is 0 Å². The molecule has 1 aromatic rings. The summed E-state index contributed by atoms with van der Waals surface area (Å²) < 4.78 is 0. The van der Waals surface area contributed by atoms with E-state index >= 15 is 0 Å². The lowest BCUT2D eigenvalue weighted by molar-refractivity contribution is 0.762. The van der Waals surface area contributed by atoms with Crippen LogP contribution in [0.25, 0.3) is 0 Å². The van der Waals surface area contributed by atoms with Crippen molar-refractivity contribution in [3.05, 3.63) is 35.9 Å². The van der Waals surface area contributed by atoms with Crippen LogP contribution in [0.4, 0.5) is 0 Å². The number of nitrogens with one attached hydrogen (secondary N) is 1.